The summed E-state index contributed by atoms with van der Waals surface area (Å²) in [7, 11) is 0. The lowest BCUT2D eigenvalue weighted by Gasteiger charge is -2.06. The molecule has 0 amide bonds. The van der Waals surface area contributed by atoms with E-state index in [1.54, 1.807) is 12.1 Å². The van der Waals surface area contributed by atoms with E-state index in [0.29, 0.717) is 16.9 Å². The Balaban J connectivity index is 1.95. The Bertz CT molecular complexity index is 1210. The Kier molecular flexibility index (Phi) is 3.67. The first-order chi connectivity index (χ1) is 12.6. The van der Waals surface area contributed by atoms with E-state index >= 15 is 0 Å². The zero-order valence-corrected chi connectivity index (χ0v) is 14.4. The summed E-state index contributed by atoms with van der Waals surface area (Å²) in [5, 5.41) is 13.4. The molecule has 2 heterocycles. The highest BCUT2D eigenvalue weighted by molar-refractivity contribution is 5.81. The highest BCUT2D eigenvalue weighted by Gasteiger charge is 2.15. The molecule has 0 aliphatic heterocycles. The summed E-state index contributed by atoms with van der Waals surface area (Å²) in [6.07, 6.45) is 0. The summed E-state index contributed by atoms with van der Waals surface area (Å²) in [5.74, 6) is 0. The highest BCUT2D eigenvalue weighted by Crippen LogP contribution is 2.28. The highest BCUT2D eigenvalue weighted by atomic mass is 16.1. The maximum Gasteiger partial charge on any atom is 0.274 e. The second-order valence-corrected chi connectivity index (χ2v) is 6.30. The van der Waals surface area contributed by atoms with Gasteiger partial charge in [-0.15, -0.1) is 0 Å². The maximum atomic E-state index is 12.6. The van der Waals surface area contributed by atoms with Crippen LogP contribution in [0, 0.1) is 25.2 Å². The van der Waals surface area contributed by atoms with Gasteiger partial charge in [-0.05, 0) is 37.1 Å². The first-order valence-electron chi connectivity index (χ1n) is 8.27. The third-order valence-electron chi connectivity index (χ3n) is 4.46. The molecule has 2 aromatic heterocycles. The lowest BCUT2D eigenvalue weighted by molar-refractivity contribution is 0.882. The van der Waals surface area contributed by atoms with Crippen LogP contribution in [0.4, 0.5) is 0 Å². The van der Waals surface area contributed by atoms with Gasteiger partial charge in [0.1, 0.15) is 5.65 Å². The standard InChI is InChI=1S/C21H16N4O/c1-13-3-7-17(8-4-13)20-14(2)24-25-19(26)11-18(23-21(20)25)16-9-5-15(12-22)6-10-16/h3-11,23H,1-2H3. The number of nitriles is 1. The number of aromatic amines is 1. The molecule has 4 aromatic rings. The van der Waals surface area contributed by atoms with E-state index in [-0.39, 0.29) is 5.56 Å². The van der Waals surface area contributed by atoms with Crippen LogP contribution in [0.25, 0.3) is 28.0 Å². The molecule has 4 rings (SSSR count). The minimum absolute atomic E-state index is 0.195. The molecule has 0 spiro atoms. The number of benzene rings is 2. The van der Waals surface area contributed by atoms with Crippen LogP contribution in [0.2, 0.25) is 0 Å². The molecule has 0 atom stereocenters. The second-order valence-electron chi connectivity index (χ2n) is 6.30. The number of aromatic nitrogens is 3. The summed E-state index contributed by atoms with van der Waals surface area (Å²) < 4.78 is 1.40. The number of aryl methyl sites for hydroxylation is 2. The molecule has 26 heavy (non-hydrogen) atoms. The van der Waals surface area contributed by atoms with E-state index < -0.39 is 0 Å². The molecular weight excluding hydrogens is 324 g/mol. The largest absolute Gasteiger partial charge is 0.339 e. The number of H-pyrrole nitrogens is 1. The van der Waals surface area contributed by atoms with Crippen LogP contribution in [-0.2, 0) is 0 Å². The zero-order chi connectivity index (χ0) is 18.3. The number of rotatable bonds is 2. The molecule has 5 nitrogen and oxygen atoms in total. The quantitative estimate of drug-likeness (QED) is 0.602. The Morgan fingerprint density at radius 3 is 2.31 bits per heavy atom. The fourth-order valence-electron chi connectivity index (χ4n) is 3.10. The lowest BCUT2D eigenvalue weighted by Crippen LogP contribution is -2.14. The Morgan fingerprint density at radius 2 is 1.65 bits per heavy atom. The van der Waals surface area contributed by atoms with Crippen LogP contribution in [0.3, 0.4) is 0 Å². The topological polar surface area (TPSA) is 74.0 Å². The number of fused-ring (bicyclic) bond motifs is 1. The predicted octanol–water partition coefficient (Wildman–Crippen LogP) is 3.85. The Labute approximate surface area is 150 Å². The summed E-state index contributed by atoms with van der Waals surface area (Å²) in [6.45, 7) is 3.94. The molecule has 1 N–H and O–H groups in total. The van der Waals surface area contributed by atoms with Gasteiger partial charge in [-0.25, -0.2) is 0 Å². The predicted molar refractivity (Wildman–Crippen MR) is 101 cm³/mol. The van der Waals surface area contributed by atoms with Crippen molar-refractivity contribution < 1.29 is 0 Å². The molecule has 2 aromatic carbocycles. The third-order valence-corrected chi connectivity index (χ3v) is 4.46. The van der Waals surface area contributed by atoms with Crippen LogP contribution in [0.5, 0.6) is 0 Å². The van der Waals surface area contributed by atoms with Crippen LogP contribution >= 0.6 is 0 Å². The van der Waals surface area contributed by atoms with Crippen molar-refractivity contribution in [3.8, 4) is 28.5 Å². The minimum atomic E-state index is -0.195. The maximum absolute atomic E-state index is 12.6. The second kappa shape index (κ2) is 6.01. The van der Waals surface area contributed by atoms with Gasteiger partial charge in [0, 0.05) is 11.6 Å². The van der Waals surface area contributed by atoms with Gasteiger partial charge in [0.05, 0.1) is 23.0 Å². The van der Waals surface area contributed by atoms with Crippen molar-refractivity contribution in [1.29, 1.82) is 5.26 Å². The van der Waals surface area contributed by atoms with Crippen molar-refractivity contribution in [2.24, 2.45) is 0 Å². The monoisotopic (exact) mass is 340 g/mol. The van der Waals surface area contributed by atoms with Crippen molar-refractivity contribution >= 4 is 5.65 Å². The smallest absolute Gasteiger partial charge is 0.274 e. The molecule has 0 fully saturated rings. The van der Waals surface area contributed by atoms with E-state index in [2.05, 4.69) is 16.2 Å². The van der Waals surface area contributed by atoms with Crippen LogP contribution < -0.4 is 5.56 Å². The molecule has 126 valence electrons. The molecule has 0 unspecified atom stereocenters. The molecule has 0 radical (unpaired) electrons. The number of nitrogens with zero attached hydrogens (tertiary/aromatic N) is 3. The van der Waals surface area contributed by atoms with Crippen molar-refractivity contribution in [2.45, 2.75) is 13.8 Å². The van der Waals surface area contributed by atoms with E-state index in [9.17, 15) is 4.79 Å². The van der Waals surface area contributed by atoms with E-state index in [1.807, 2.05) is 50.2 Å². The van der Waals surface area contributed by atoms with Gasteiger partial charge < -0.3 is 4.98 Å². The van der Waals surface area contributed by atoms with Crippen LogP contribution in [-0.4, -0.2) is 14.6 Å². The van der Waals surface area contributed by atoms with Crippen LogP contribution in [0.15, 0.2) is 59.4 Å². The molecule has 0 bridgehead atoms. The average molecular weight is 340 g/mol. The Hall–Kier alpha value is -3.65. The first kappa shape index (κ1) is 15.9. The van der Waals surface area contributed by atoms with E-state index in [1.165, 1.54) is 16.1 Å². The van der Waals surface area contributed by atoms with Gasteiger partial charge in [-0.2, -0.15) is 14.9 Å². The average Bonchev–Trinajstić information content (AvgIpc) is 2.99. The molecule has 0 aliphatic carbocycles. The van der Waals surface area contributed by atoms with Gasteiger partial charge in [-0.1, -0.05) is 42.0 Å². The van der Waals surface area contributed by atoms with E-state index in [4.69, 9.17) is 5.26 Å². The normalized spacial score (nSPS) is 10.8. The van der Waals surface area contributed by atoms with Crippen molar-refractivity contribution in [1.82, 2.24) is 14.6 Å². The first-order valence-corrected chi connectivity index (χ1v) is 8.27. The van der Waals surface area contributed by atoms with Gasteiger partial charge in [0.25, 0.3) is 5.56 Å². The fourth-order valence-corrected chi connectivity index (χ4v) is 3.10. The number of hydrogen-bond acceptors (Lipinski definition) is 3. The van der Waals surface area contributed by atoms with E-state index in [0.717, 1.165) is 22.4 Å². The molecule has 0 saturated heterocycles. The van der Waals surface area contributed by atoms with Crippen LogP contribution in [0.1, 0.15) is 16.8 Å². The van der Waals surface area contributed by atoms with Crippen molar-refractivity contribution in [2.75, 3.05) is 0 Å². The molecule has 0 aliphatic rings. The third kappa shape index (κ3) is 2.58. The molecule has 5 heteroatoms. The van der Waals surface area contributed by atoms with Gasteiger partial charge in [-0.3, -0.25) is 4.79 Å². The molecular formula is C21H16N4O. The summed E-state index contributed by atoms with van der Waals surface area (Å²) in [6, 6.07) is 18.9. The molecule has 0 saturated carbocycles. The minimum Gasteiger partial charge on any atom is -0.339 e. The van der Waals surface area contributed by atoms with Gasteiger partial charge in [0.15, 0.2) is 0 Å². The zero-order valence-electron chi connectivity index (χ0n) is 14.4. The summed E-state index contributed by atoms with van der Waals surface area (Å²) >= 11 is 0. The van der Waals surface area contributed by atoms with Crippen molar-refractivity contribution in [3.05, 3.63) is 81.8 Å². The summed E-state index contributed by atoms with van der Waals surface area (Å²) in [4.78, 5) is 15.9. The lowest BCUT2D eigenvalue weighted by atomic mass is 10.0. The van der Waals surface area contributed by atoms with Gasteiger partial charge in [0.2, 0.25) is 0 Å². The Morgan fingerprint density at radius 1 is 1.00 bits per heavy atom. The number of nitrogens with one attached hydrogen (secondary N) is 1. The summed E-state index contributed by atoms with van der Waals surface area (Å²) in [5.41, 5.74) is 6.48. The fraction of sp³-hybridized carbons (Fsp3) is 0.0952. The van der Waals surface area contributed by atoms with Crippen molar-refractivity contribution in [3.63, 3.8) is 0 Å². The SMILES string of the molecule is Cc1ccc(-c2c(C)nn3c(=O)cc(-c4ccc(C#N)cc4)[nH]c23)cc1. The van der Waals surface area contributed by atoms with Gasteiger partial charge >= 0.3 is 0 Å². The number of hydrogen-bond donors (Lipinski definition) is 1.